The first-order valence-electron chi connectivity index (χ1n) is 7.80. The summed E-state index contributed by atoms with van der Waals surface area (Å²) < 4.78 is 6.00. The number of rotatable bonds is 2. The predicted molar refractivity (Wildman–Crippen MR) is 86.5 cm³/mol. The molecule has 1 aliphatic rings. The minimum Gasteiger partial charge on any atom is -0.419 e. The molecule has 2 atom stereocenters. The van der Waals surface area contributed by atoms with Crippen molar-refractivity contribution in [3.63, 3.8) is 0 Å². The van der Waals surface area contributed by atoms with Crippen molar-refractivity contribution in [1.82, 2.24) is 4.98 Å². The van der Waals surface area contributed by atoms with E-state index in [-0.39, 0.29) is 0 Å². The molecule has 1 aromatic heterocycles. The van der Waals surface area contributed by atoms with Crippen LogP contribution in [0.15, 0.2) is 28.7 Å². The van der Waals surface area contributed by atoms with E-state index >= 15 is 0 Å². The van der Waals surface area contributed by atoms with Crippen LogP contribution in [0, 0.1) is 30.1 Å². The summed E-state index contributed by atoms with van der Waals surface area (Å²) in [5.74, 6) is 2.36. The van der Waals surface area contributed by atoms with E-state index in [1.807, 2.05) is 31.2 Å². The summed E-state index contributed by atoms with van der Waals surface area (Å²) in [6.07, 6.45) is 1.22. The summed E-state index contributed by atoms with van der Waals surface area (Å²) >= 11 is 0. The lowest BCUT2D eigenvalue weighted by Gasteiger charge is -2.34. The van der Waals surface area contributed by atoms with Crippen LogP contribution in [0.1, 0.15) is 31.5 Å². The van der Waals surface area contributed by atoms with Crippen LogP contribution < -0.4 is 4.90 Å². The summed E-state index contributed by atoms with van der Waals surface area (Å²) in [6.45, 7) is 8.35. The molecule has 0 amide bonds. The van der Waals surface area contributed by atoms with E-state index < -0.39 is 0 Å². The maximum Gasteiger partial charge on any atom is 0.235 e. The van der Waals surface area contributed by atoms with E-state index in [4.69, 9.17) is 4.42 Å². The third-order valence-electron chi connectivity index (χ3n) is 4.25. The molecule has 1 aromatic carbocycles. The van der Waals surface area contributed by atoms with Gasteiger partial charge in [0.05, 0.1) is 0 Å². The summed E-state index contributed by atoms with van der Waals surface area (Å²) in [7, 11) is 0. The van der Waals surface area contributed by atoms with Gasteiger partial charge < -0.3 is 9.32 Å². The van der Waals surface area contributed by atoms with E-state index in [1.165, 1.54) is 6.42 Å². The summed E-state index contributed by atoms with van der Waals surface area (Å²) in [6, 6.07) is 10.1. The molecule has 3 rings (SSSR count). The molecule has 0 bridgehead atoms. The Bertz CT molecular complexity index is 703. The molecule has 0 aliphatic carbocycles. The number of aromatic nitrogens is 1. The Hall–Kier alpha value is -2.28. The first kappa shape index (κ1) is 14.6. The second-order valence-electron chi connectivity index (χ2n) is 6.45. The maximum absolute atomic E-state index is 9.41. The monoisotopic (exact) mass is 295 g/mol. The zero-order chi connectivity index (χ0) is 15.7. The second-order valence-corrected chi connectivity index (χ2v) is 6.45. The molecular weight excluding hydrogens is 274 g/mol. The highest BCUT2D eigenvalue weighted by Crippen LogP contribution is 2.33. The van der Waals surface area contributed by atoms with Crippen molar-refractivity contribution < 1.29 is 4.42 Å². The molecule has 114 valence electrons. The zero-order valence-corrected chi connectivity index (χ0v) is 13.3. The van der Waals surface area contributed by atoms with E-state index in [2.05, 4.69) is 29.8 Å². The standard InChI is InChI=1S/C18H21N3O/c1-12-8-13(2)11-21(10-12)18-16(9-19)20-17(22-18)15-7-5-4-6-14(15)3/h4-7,12-13H,8,10-11H2,1-3H3/t12-,13-/m0/s1. The largest absolute Gasteiger partial charge is 0.419 e. The van der Waals surface area contributed by atoms with Gasteiger partial charge in [-0.25, -0.2) is 0 Å². The first-order valence-corrected chi connectivity index (χ1v) is 7.80. The normalized spacial score (nSPS) is 21.6. The number of benzene rings is 1. The Morgan fingerprint density at radius 2 is 1.91 bits per heavy atom. The lowest BCUT2D eigenvalue weighted by Crippen LogP contribution is -2.38. The van der Waals surface area contributed by atoms with E-state index in [9.17, 15) is 5.26 Å². The Labute approximate surface area is 131 Å². The summed E-state index contributed by atoms with van der Waals surface area (Å²) in [5, 5.41) is 9.41. The highest BCUT2D eigenvalue weighted by molar-refractivity contribution is 5.62. The third kappa shape index (κ3) is 2.71. The van der Waals surface area contributed by atoms with Crippen LogP contribution in [0.2, 0.25) is 0 Å². The average molecular weight is 295 g/mol. The van der Waals surface area contributed by atoms with Crippen molar-refractivity contribution in [3.8, 4) is 17.5 Å². The van der Waals surface area contributed by atoms with Gasteiger partial charge in [-0.15, -0.1) is 0 Å². The van der Waals surface area contributed by atoms with Crippen molar-refractivity contribution >= 4 is 5.88 Å². The fourth-order valence-corrected chi connectivity index (χ4v) is 3.36. The number of hydrogen-bond donors (Lipinski definition) is 0. The molecule has 1 aliphatic heterocycles. The number of nitrogens with zero attached hydrogens (tertiary/aromatic N) is 3. The molecular formula is C18H21N3O. The van der Waals surface area contributed by atoms with Crippen LogP contribution in [-0.4, -0.2) is 18.1 Å². The molecule has 2 aromatic rings. The smallest absolute Gasteiger partial charge is 0.235 e. The molecule has 0 radical (unpaired) electrons. The van der Waals surface area contributed by atoms with Gasteiger partial charge in [0, 0.05) is 18.7 Å². The molecule has 4 heteroatoms. The molecule has 0 unspecified atom stereocenters. The van der Waals surface area contributed by atoms with Crippen molar-refractivity contribution in [2.45, 2.75) is 27.2 Å². The molecule has 2 heterocycles. The third-order valence-corrected chi connectivity index (χ3v) is 4.25. The number of piperidine rings is 1. The van der Waals surface area contributed by atoms with Gasteiger partial charge in [-0.2, -0.15) is 10.2 Å². The number of oxazole rings is 1. The van der Waals surface area contributed by atoms with Gasteiger partial charge in [0.1, 0.15) is 6.07 Å². The summed E-state index contributed by atoms with van der Waals surface area (Å²) in [4.78, 5) is 6.59. The SMILES string of the molecule is Cc1ccccc1-c1nc(C#N)c(N2C[C@@H](C)C[C@H](C)C2)o1. The number of anilines is 1. The lowest BCUT2D eigenvalue weighted by atomic mass is 9.92. The lowest BCUT2D eigenvalue weighted by molar-refractivity contribution is 0.344. The van der Waals surface area contributed by atoms with E-state index in [0.29, 0.717) is 29.3 Å². The van der Waals surface area contributed by atoms with Gasteiger partial charge in [0.2, 0.25) is 17.5 Å². The van der Waals surface area contributed by atoms with Gasteiger partial charge in [-0.3, -0.25) is 0 Å². The molecule has 4 nitrogen and oxygen atoms in total. The average Bonchev–Trinajstić information content (AvgIpc) is 2.91. The van der Waals surface area contributed by atoms with Crippen molar-refractivity contribution in [2.24, 2.45) is 11.8 Å². The molecule has 1 saturated heterocycles. The number of aryl methyl sites for hydroxylation is 1. The van der Waals surface area contributed by atoms with Crippen LogP contribution in [0.3, 0.4) is 0 Å². The Morgan fingerprint density at radius 3 is 2.55 bits per heavy atom. The van der Waals surface area contributed by atoms with Crippen molar-refractivity contribution in [2.75, 3.05) is 18.0 Å². The fourth-order valence-electron chi connectivity index (χ4n) is 3.36. The Morgan fingerprint density at radius 1 is 1.23 bits per heavy atom. The molecule has 0 spiro atoms. The minimum absolute atomic E-state index is 0.388. The van der Waals surface area contributed by atoms with Crippen LogP contribution in [-0.2, 0) is 0 Å². The predicted octanol–water partition coefficient (Wildman–Crippen LogP) is 4.00. The highest BCUT2D eigenvalue weighted by Gasteiger charge is 2.27. The van der Waals surface area contributed by atoms with Crippen LogP contribution in [0.4, 0.5) is 5.88 Å². The Kier molecular flexibility index (Phi) is 3.89. The second kappa shape index (κ2) is 5.84. The highest BCUT2D eigenvalue weighted by atomic mass is 16.4. The maximum atomic E-state index is 9.41. The van der Waals surface area contributed by atoms with Crippen LogP contribution in [0.5, 0.6) is 0 Å². The van der Waals surface area contributed by atoms with E-state index in [0.717, 1.165) is 24.2 Å². The molecule has 22 heavy (non-hydrogen) atoms. The summed E-state index contributed by atoms with van der Waals surface area (Å²) in [5.41, 5.74) is 2.43. The molecule has 0 saturated carbocycles. The van der Waals surface area contributed by atoms with Crippen LogP contribution in [0.25, 0.3) is 11.5 Å². The molecule has 0 N–H and O–H groups in total. The Balaban J connectivity index is 1.99. The number of hydrogen-bond acceptors (Lipinski definition) is 4. The quantitative estimate of drug-likeness (QED) is 0.840. The van der Waals surface area contributed by atoms with Crippen LogP contribution >= 0.6 is 0 Å². The van der Waals surface area contributed by atoms with Gasteiger partial charge in [-0.1, -0.05) is 32.0 Å². The van der Waals surface area contributed by atoms with Gasteiger partial charge in [-0.05, 0) is 36.8 Å². The van der Waals surface area contributed by atoms with E-state index in [1.54, 1.807) is 0 Å². The fraction of sp³-hybridized carbons (Fsp3) is 0.444. The first-order chi connectivity index (χ1) is 10.6. The number of nitriles is 1. The molecule has 1 fully saturated rings. The van der Waals surface area contributed by atoms with Gasteiger partial charge in [0.15, 0.2) is 0 Å². The topological polar surface area (TPSA) is 53.1 Å². The van der Waals surface area contributed by atoms with Crippen molar-refractivity contribution in [1.29, 1.82) is 5.26 Å². The minimum atomic E-state index is 0.388. The van der Waals surface area contributed by atoms with Gasteiger partial charge in [0.25, 0.3) is 0 Å². The zero-order valence-electron chi connectivity index (χ0n) is 13.3. The van der Waals surface area contributed by atoms with Crippen molar-refractivity contribution in [3.05, 3.63) is 35.5 Å². The van der Waals surface area contributed by atoms with Gasteiger partial charge >= 0.3 is 0 Å².